The fourth-order valence-electron chi connectivity index (χ4n) is 1.15. The van der Waals surface area contributed by atoms with E-state index >= 15 is 0 Å². The SMILES string of the molecule is C[Si-]1(C)(Cl)Oc2cccc[n+]2O1. The van der Waals surface area contributed by atoms with Gasteiger partial charge in [-0.05, 0) is 0 Å². The first-order valence-corrected chi connectivity index (χ1v) is 8.08. The van der Waals surface area contributed by atoms with E-state index in [1.807, 2.05) is 31.3 Å². The van der Waals surface area contributed by atoms with Gasteiger partial charge >= 0.3 is 75.3 Å². The molecular weight excluding hydrogens is 194 g/mol. The van der Waals surface area contributed by atoms with E-state index in [1.54, 1.807) is 10.9 Å². The van der Waals surface area contributed by atoms with Crippen molar-refractivity contribution in [3.8, 4) is 5.88 Å². The predicted octanol–water partition coefficient (Wildman–Crippen LogP) is 1.19. The van der Waals surface area contributed by atoms with E-state index in [-0.39, 0.29) is 0 Å². The van der Waals surface area contributed by atoms with Crippen LogP contribution in [0.5, 0.6) is 5.88 Å². The maximum atomic E-state index is 6.18. The van der Waals surface area contributed by atoms with Crippen LogP contribution in [0.2, 0.25) is 13.1 Å². The van der Waals surface area contributed by atoms with Gasteiger partial charge in [-0.2, -0.15) is 0 Å². The van der Waals surface area contributed by atoms with Crippen LogP contribution in [0.4, 0.5) is 0 Å². The molecule has 0 unspecified atom stereocenters. The Morgan fingerprint density at radius 1 is 1.42 bits per heavy atom. The Morgan fingerprint density at radius 3 is 2.83 bits per heavy atom. The summed E-state index contributed by atoms with van der Waals surface area (Å²) in [4.78, 5) is 0. The van der Waals surface area contributed by atoms with Gasteiger partial charge in [0.05, 0.1) is 0 Å². The number of aromatic nitrogens is 1. The summed E-state index contributed by atoms with van der Waals surface area (Å²) in [6.45, 7) is 3.63. The quantitative estimate of drug-likeness (QED) is 0.359. The Kier molecular flexibility index (Phi) is 1.28. The van der Waals surface area contributed by atoms with Crippen LogP contribution in [0.3, 0.4) is 0 Å². The van der Waals surface area contributed by atoms with Crippen LogP contribution < -0.4 is 13.7 Å². The first-order valence-electron chi connectivity index (χ1n) is 3.75. The molecule has 5 heteroatoms. The van der Waals surface area contributed by atoms with Gasteiger partial charge in [-0.25, -0.2) is 0 Å². The number of fused-ring (bicyclic) bond motifs is 1. The van der Waals surface area contributed by atoms with Crippen molar-refractivity contribution >= 4 is 18.2 Å². The van der Waals surface area contributed by atoms with Crippen molar-refractivity contribution in [2.75, 3.05) is 0 Å². The van der Waals surface area contributed by atoms with Crippen molar-refractivity contribution < 1.29 is 13.7 Å². The summed E-state index contributed by atoms with van der Waals surface area (Å²) in [6.07, 6.45) is 1.78. The van der Waals surface area contributed by atoms with E-state index < -0.39 is 7.15 Å². The van der Waals surface area contributed by atoms with E-state index in [4.69, 9.17) is 20.0 Å². The Hall–Kier alpha value is -0.743. The molecule has 12 heavy (non-hydrogen) atoms. The average Bonchev–Trinajstić information content (AvgIpc) is 2.16. The maximum absolute atomic E-state index is 6.18. The van der Waals surface area contributed by atoms with Crippen LogP contribution in [-0.4, -0.2) is 7.15 Å². The van der Waals surface area contributed by atoms with Gasteiger partial charge in [0.1, 0.15) is 0 Å². The molecule has 0 bridgehead atoms. The predicted molar refractivity (Wildman–Crippen MR) is 47.2 cm³/mol. The summed E-state index contributed by atoms with van der Waals surface area (Å²) < 4.78 is 12.6. The van der Waals surface area contributed by atoms with Gasteiger partial charge in [-0.1, -0.05) is 0 Å². The van der Waals surface area contributed by atoms with Crippen molar-refractivity contribution in [3.63, 3.8) is 0 Å². The van der Waals surface area contributed by atoms with Crippen LogP contribution in [0.25, 0.3) is 0 Å². The molecular formula is C7H10ClNO2Si. The summed E-state index contributed by atoms with van der Waals surface area (Å²) >= 11 is 6.18. The molecule has 0 saturated heterocycles. The molecule has 0 radical (unpaired) electrons. The molecule has 1 aromatic rings. The van der Waals surface area contributed by atoms with Gasteiger partial charge in [0.25, 0.3) is 0 Å². The zero-order valence-electron chi connectivity index (χ0n) is 6.95. The molecule has 1 aliphatic rings. The molecule has 0 aliphatic carbocycles. The van der Waals surface area contributed by atoms with Crippen molar-refractivity contribution in [1.82, 2.24) is 0 Å². The molecule has 2 rings (SSSR count). The van der Waals surface area contributed by atoms with Crippen LogP contribution in [0.15, 0.2) is 24.4 Å². The van der Waals surface area contributed by atoms with Gasteiger partial charge in [-0.3, -0.25) is 0 Å². The van der Waals surface area contributed by atoms with E-state index in [9.17, 15) is 0 Å². The molecule has 0 fully saturated rings. The zero-order chi connectivity index (χ0) is 8.84. The van der Waals surface area contributed by atoms with Crippen LogP contribution in [0.1, 0.15) is 0 Å². The fraction of sp³-hybridized carbons (Fsp3) is 0.286. The van der Waals surface area contributed by atoms with Gasteiger partial charge < -0.3 is 0 Å². The third-order valence-electron chi connectivity index (χ3n) is 1.53. The molecule has 66 valence electrons. The molecule has 1 aromatic heterocycles. The van der Waals surface area contributed by atoms with Crippen LogP contribution in [-0.2, 0) is 0 Å². The Labute approximate surface area is 75.8 Å². The third kappa shape index (κ3) is 1.27. The van der Waals surface area contributed by atoms with E-state index in [0.717, 1.165) is 0 Å². The summed E-state index contributed by atoms with van der Waals surface area (Å²) in [5, 5.41) is 0. The molecule has 0 atom stereocenters. The molecule has 0 amide bonds. The van der Waals surface area contributed by atoms with Crippen molar-refractivity contribution in [3.05, 3.63) is 24.4 Å². The number of rotatable bonds is 0. The van der Waals surface area contributed by atoms with Crippen molar-refractivity contribution in [1.29, 1.82) is 0 Å². The van der Waals surface area contributed by atoms with E-state index in [1.165, 1.54) is 0 Å². The summed E-state index contributed by atoms with van der Waals surface area (Å²) in [6, 6.07) is 5.58. The fourth-order valence-corrected chi connectivity index (χ4v) is 3.09. The molecule has 1 aliphatic heterocycles. The topological polar surface area (TPSA) is 22.3 Å². The number of pyridine rings is 1. The van der Waals surface area contributed by atoms with Crippen LogP contribution >= 0.6 is 11.1 Å². The second-order valence-electron chi connectivity index (χ2n) is 3.49. The van der Waals surface area contributed by atoms with E-state index in [0.29, 0.717) is 5.88 Å². The third-order valence-corrected chi connectivity index (χ3v) is 3.45. The normalized spacial score (nSPS) is 25.8. The first kappa shape index (κ1) is 7.88. The minimum atomic E-state index is -3.11. The zero-order valence-corrected chi connectivity index (χ0v) is 8.71. The van der Waals surface area contributed by atoms with Crippen molar-refractivity contribution in [2.45, 2.75) is 13.1 Å². The summed E-state index contributed by atoms with van der Waals surface area (Å²) in [5.74, 6) is 0.672. The number of nitrogens with zero attached hydrogens (tertiary/aromatic N) is 1. The van der Waals surface area contributed by atoms with Gasteiger partial charge in [0, 0.05) is 0 Å². The van der Waals surface area contributed by atoms with Crippen molar-refractivity contribution in [2.24, 2.45) is 0 Å². The molecule has 3 nitrogen and oxygen atoms in total. The second kappa shape index (κ2) is 1.95. The Morgan fingerprint density at radius 2 is 2.17 bits per heavy atom. The van der Waals surface area contributed by atoms with Gasteiger partial charge in [0.15, 0.2) is 0 Å². The Balaban J connectivity index is 2.47. The Bertz CT molecular complexity index is 305. The van der Waals surface area contributed by atoms with Crippen LogP contribution in [0, 0.1) is 0 Å². The van der Waals surface area contributed by atoms with Gasteiger partial charge in [-0.15, -0.1) is 0 Å². The molecule has 0 spiro atoms. The standard InChI is InChI=1S/C7H10ClNO2Si/c1-12(2,8)10-7-5-3-4-6-9(7)11-12/h3-6H,1-2H3. The minimum absolute atomic E-state index is 0.672. The second-order valence-corrected chi connectivity index (χ2v) is 10.9. The number of halogens is 1. The van der Waals surface area contributed by atoms with E-state index in [2.05, 4.69) is 0 Å². The molecule has 0 saturated carbocycles. The average molecular weight is 204 g/mol. The van der Waals surface area contributed by atoms with Gasteiger partial charge in [0.2, 0.25) is 0 Å². The first-order chi connectivity index (χ1) is 5.44. The summed E-state index contributed by atoms with van der Waals surface area (Å²) in [5.41, 5.74) is 0. The number of hydrogen-bond donors (Lipinski definition) is 0. The summed E-state index contributed by atoms with van der Waals surface area (Å²) in [7, 11) is -3.11. The molecule has 0 N–H and O–H groups in total. The monoisotopic (exact) mass is 203 g/mol. The molecule has 2 heterocycles. The number of hydrogen-bond acceptors (Lipinski definition) is 2. The molecule has 0 aromatic carbocycles.